The van der Waals surface area contributed by atoms with Crippen molar-refractivity contribution in [3.05, 3.63) is 21.4 Å². The number of piperidine rings is 1. The third-order valence-corrected chi connectivity index (χ3v) is 5.16. The summed E-state index contributed by atoms with van der Waals surface area (Å²) < 4.78 is 0. The van der Waals surface area contributed by atoms with Gasteiger partial charge in [-0.2, -0.15) is 0 Å². The van der Waals surface area contributed by atoms with E-state index in [1.807, 2.05) is 0 Å². The normalized spacial score (nSPS) is 23.3. The van der Waals surface area contributed by atoms with Crippen molar-refractivity contribution < 1.29 is 0 Å². The Bertz CT molecular complexity index is 366. The van der Waals surface area contributed by atoms with Crippen molar-refractivity contribution in [3.8, 4) is 0 Å². The summed E-state index contributed by atoms with van der Waals surface area (Å²) in [5.41, 5.74) is 1.64. The van der Waals surface area contributed by atoms with Gasteiger partial charge in [-0.15, -0.1) is 11.3 Å². The van der Waals surface area contributed by atoms with E-state index in [2.05, 4.69) is 34.7 Å². The number of hydrogen-bond donors (Lipinski definition) is 1. The highest BCUT2D eigenvalue weighted by Crippen LogP contribution is 2.35. The van der Waals surface area contributed by atoms with Gasteiger partial charge in [0.2, 0.25) is 0 Å². The molecule has 2 nitrogen and oxygen atoms in total. The fraction of sp³-hybridized carbons (Fsp3) is 0.692. The van der Waals surface area contributed by atoms with Gasteiger partial charge in [0.15, 0.2) is 0 Å². The molecule has 0 atom stereocenters. The van der Waals surface area contributed by atoms with E-state index in [-0.39, 0.29) is 0 Å². The van der Waals surface area contributed by atoms with Crippen LogP contribution < -0.4 is 5.32 Å². The SMILES string of the molecule is CN1CCc2cc(C3CCNCC3)sc2C1. The summed E-state index contributed by atoms with van der Waals surface area (Å²) in [7, 11) is 2.23. The van der Waals surface area contributed by atoms with E-state index in [9.17, 15) is 0 Å². The molecule has 0 amide bonds. The quantitative estimate of drug-likeness (QED) is 0.804. The summed E-state index contributed by atoms with van der Waals surface area (Å²) in [6, 6.07) is 2.50. The van der Waals surface area contributed by atoms with Crippen LogP contribution in [-0.2, 0) is 13.0 Å². The molecule has 1 fully saturated rings. The molecule has 0 radical (unpaired) electrons. The predicted molar refractivity (Wildman–Crippen MR) is 69.2 cm³/mol. The lowest BCUT2D eigenvalue weighted by Gasteiger charge is -2.21. The van der Waals surface area contributed by atoms with E-state index in [1.165, 1.54) is 45.4 Å². The largest absolute Gasteiger partial charge is 0.317 e. The van der Waals surface area contributed by atoms with Gasteiger partial charge in [0, 0.05) is 22.8 Å². The molecule has 88 valence electrons. The molecule has 2 aliphatic rings. The smallest absolute Gasteiger partial charge is 0.0327 e. The van der Waals surface area contributed by atoms with E-state index in [1.54, 1.807) is 15.3 Å². The lowest BCUT2D eigenvalue weighted by molar-refractivity contribution is 0.317. The fourth-order valence-corrected chi connectivity index (χ4v) is 4.24. The summed E-state index contributed by atoms with van der Waals surface area (Å²) >= 11 is 2.08. The molecular weight excluding hydrogens is 216 g/mol. The van der Waals surface area contributed by atoms with Gasteiger partial charge in [-0.05, 0) is 56.9 Å². The maximum absolute atomic E-state index is 3.45. The number of rotatable bonds is 1. The lowest BCUT2D eigenvalue weighted by Crippen LogP contribution is -2.26. The molecule has 3 rings (SSSR count). The van der Waals surface area contributed by atoms with Crippen molar-refractivity contribution in [2.45, 2.75) is 31.7 Å². The van der Waals surface area contributed by atoms with Crippen molar-refractivity contribution in [1.82, 2.24) is 10.2 Å². The molecule has 0 spiro atoms. The van der Waals surface area contributed by atoms with Gasteiger partial charge in [0.25, 0.3) is 0 Å². The fourth-order valence-electron chi connectivity index (χ4n) is 2.78. The molecule has 3 heterocycles. The van der Waals surface area contributed by atoms with Crippen LogP contribution in [0.1, 0.15) is 34.1 Å². The monoisotopic (exact) mass is 236 g/mol. The topological polar surface area (TPSA) is 15.3 Å². The molecule has 1 aromatic heterocycles. The first-order chi connectivity index (χ1) is 7.83. The number of hydrogen-bond acceptors (Lipinski definition) is 3. The first-order valence-corrected chi connectivity index (χ1v) is 7.15. The van der Waals surface area contributed by atoms with E-state index in [0.717, 1.165) is 5.92 Å². The number of likely N-dealkylation sites (N-methyl/N-ethyl adjacent to an activating group) is 1. The Kier molecular flexibility index (Phi) is 3.01. The van der Waals surface area contributed by atoms with Crippen LogP contribution in [-0.4, -0.2) is 31.6 Å². The highest BCUT2D eigenvalue weighted by Gasteiger charge is 2.21. The van der Waals surface area contributed by atoms with Gasteiger partial charge in [-0.3, -0.25) is 0 Å². The van der Waals surface area contributed by atoms with Crippen LogP contribution in [0.3, 0.4) is 0 Å². The molecule has 0 unspecified atom stereocenters. The number of fused-ring (bicyclic) bond motifs is 1. The molecule has 3 heteroatoms. The summed E-state index contributed by atoms with van der Waals surface area (Å²) in [5.74, 6) is 0.835. The number of thiophene rings is 1. The van der Waals surface area contributed by atoms with Crippen molar-refractivity contribution in [2.24, 2.45) is 0 Å². The summed E-state index contributed by atoms with van der Waals surface area (Å²) in [4.78, 5) is 5.72. The molecule has 1 aromatic rings. The van der Waals surface area contributed by atoms with Crippen LogP contribution in [0.25, 0.3) is 0 Å². The Morgan fingerprint density at radius 2 is 2.19 bits per heavy atom. The molecule has 0 aromatic carbocycles. The highest BCUT2D eigenvalue weighted by atomic mass is 32.1. The van der Waals surface area contributed by atoms with Gasteiger partial charge < -0.3 is 10.2 Å². The first kappa shape index (κ1) is 10.8. The van der Waals surface area contributed by atoms with Crippen LogP contribution in [0, 0.1) is 0 Å². The highest BCUT2D eigenvalue weighted by molar-refractivity contribution is 7.12. The van der Waals surface area contributed by atoms with Crippen molar-refractivity contribution in [1.29, 1.82) is 0 Å². The lowest BCUT2D eigenvalue weighted by atomic mass is 9.95. The third-order valence-electron chi connectivity index (χ3n) is 3.83. The second kappa shape index (κ2) is 4.47. The zero-order valence-corrected chi connectivity index (χ0v) is 10.8. The zero-order valence-electron chi connectivity index (χ0n) is 9.96. The van der Waals surface area contributed by atoms with Crippen LogP contribution in [0.15, 0.2) is 6.07 Å². The molecule has 16 heavy (non-hydrogen) atoms. The van der Waals surface area contributed by atoms with Crippen LogP contribution >= 0.6 is 11.3 Å². The average molecular weight is 236 g/mol. The average Bonchev–Trinajstić information content (AvgIpc) is 2.73. The Balaban J connectivity index is 1.80. The van der Waals surface area contributed by atoms with Crippen molar-refractivity contribution in [2.75, 3.05) is 26.7 Å². The summed E-state index contributed by atoms with van der Waals surface area (Å²) in [6.45, 7) is 4.81. The first-order valence-electron chi connectivity index (χ1n) is 6.33. The molecule has 1 N–H and O–H groups in total. The molecule has 0 saturated carbocycles. The maximum Gasteiger partial charge on any atom is 0.0327 e. The van der Waals surface area contributed by atoms with E-state index < -0.39 is 0 Å². The predicted octanol–water partition coefficient (Wildman–Crippen LogP) is 2.20. The van der Waals surface area contributed by atoms with E-state index >= 15 is 0 Å². The maximum atomic E-state index is 3.45. The van der Waals surface area contributed by atoms with Gasteiger partial charge in [0.1, 0.15) is 0 Å². The van der Waals surface area contributed by atoms with Gasteiger partial charge >= 0.3 is 0 Å². The van der Waals surface area contributed by atoms with Gasteiger partial charge in [0.05, 0.1) is 0 Å². The van der Waals surface area contributed by atoms with Crippen LogP contribution in [0.4, 0.5) is 0 Å². The Morgan fingerprint density at radius 3 is 3.00 bits per heavy atom. The number of nitrogens with zero attached hydrogens (tertiary/aromatic N) is 1. The molecule has 0 aliphatic carbocycles. The second-order valence-electron chi connectivity index (χ2n) is 5.11. The minimum Gasteiger partial charge on any atom is -0.317 e. The molecular formula is C13H20N2S. The molecule has 1 saturated heterocycles. The molecule has 0 bridgehead atoms. The molecule has 2 aliphatic heterocycles. The summed E-state index contributed by atoms with van der Waals surface area (Å²) in [6.07, 6.45) is 3.91. The zero-order chi connectivity index (χ0) is 11.0. The number of nitrogens with one attached hydrogen (secondary N) is 1. The second-order valence-corrected chi connectivity index (χ2v) is 6.28. The minimum atomic E-state index is 0.835. The van der Waals surface area contributed by atoms with E-state index in [0.29, 0.717) is 0 Å². The van der Waals surface area contributed by atoms with Gasteiger partial charge in [-0.1, -0.05) is 0 Å². The van der Waals surface area contributed by atoms with E-state index in [4.69, 9.17) is 0 Å². The summed E-state index contributed by atoms with van der Waals surface area (Å²) in [5, 5.41) is 3.45. The van der Waals surface area contributed by atoms with Gasteiger partial charge in [-0.25, -0.2) is 0 Å². The standard InChI is InChI=1S/C13H20N2S/c1-15-7-4-11-8-12(16-13(11)9-15)10-2-5-14-6-3-10/h8,10,14H,2-7,9H2,1H3. The minimum absolute atomic E-state index is 0.835. The van der Waals surface area contributed by atoms with Crippen LogP contribution in [0.2, 0.25) is 0 Å². The Morgan fingerprint density at radius 1 is 1.38 bits per heavy atom. The van der Waals surface area contributed by atoms with Crippen LogP contribution in [0.5, 0.6) is 0 Å². The Hall–Kier alpha value is -0.380. The Labute approximate surface area is 102 Å². The van der Waals surface area contributed by atoms with Crippen molar-refractivity contribution >= 4 is 11.3 Å². The van der Waals surface area contributed by atoms with Crippen molar-refractivity contribution in [3.63, 3.8) is 0 Å². The third kappa shape index (κ3) is 2.04.